The van der Waals surface area contributed by atoms with Crippen molar-refractivity contribution in [2.75, 3.05) is 0 Å². The zero-order valence-corrected chi connectivity index (χ0v) is 18.0. The number of benzene rings is 2. The monoisotopic (exact) mass is 417 g/mol. The predicted molar refractivity (Wildman–Crippen MR) is 116 cm³/mol. The van der Waals surface area contributed by atoms with Crippen molar-refractivity contribution in [2.24, 2.45) is 0 Å². The summed E-state index contributed by atoms with van der Waals surface area (Å²) in [4.78, 5) is 8.16. The van der Waals surface area contributed by atoms with Crippen molar-refractivity contribution in [2.45, 2.75) is 39.7 Å². The Hall–Kier alpha value is -3.54. The van der Waals surface area contributed by atoms with Crippen molar-refractivity contribution in [3.63, 3.8) is 0 Å². The van der Waals surface area contributed by atoms with Gasteiger partial charge in [-0.05, 0) is 36.2 Å². The molecule has 4 aromatic rings. The Kier molecular flexibility index (Phi) is 5.55. The van der Waals surface area contributed by atoms with E-state index in [4.69, 9.17) is 9.26 Å². The number of aryl methyl sites for hydroxylation is 2. The molecule has 0 saturated carbocycles. The first-order valence-electron chi connectivity index (χ1n) is 10.1. The highest BCUT2D eigenvalue weighted by Crippen LogP contribution is 2.32. The fourth-order valence-electron chi connectivity index (χ4n) is 3.38. The quantitative estimate of drug-likeness (QED) is 0.397. The molecule has 0 spiro atoms. The van der Waals surface area contributed by atoms with Gasteiger partial charge in [0.1, 0.15) is 23.9 Å². The summed E-state index contributed by atoms with van der Waals surface area (Å²) in [6.45, 7) is 8.23. The van der Waals surface area contributed by atoms with Gasteiger partial charge in [0.15, 0.2) is 0 Å². The summed E-state index contributed by atoms with van der Waals surface area (Å²) in [5.74, 6) is 0.965. The Morgan fingerprint density at radius 3 is 2.23 bits per heavy atom. The maximum atomic E-state index is 14.2. The molecule has 0 radical (unpaired) electrons. The number of ether oxygens (including phenoxy) is 1. The van der Waals surface area contributed by atoms with Crippen LogP contribution in [0.25, 0.3) is 11.5 Å². The van der Waals surface area contributed by atoms with Crippen molar-refractivity contribution < 1.29 is 13.7 Å². The topological polar surface area (TPSA) is 61.0 Å². The molecule has 0 atom stereocenters. The normalized spacial score (nSPS) is 11.5. The van der Waals surface area contributed by atoms with E-state index in [1.165, 1.54) is 16.7 Å². The zero-order valence-electron chi connectivity index (χ0n) is 18.0. The Bertz CT molecular complexity index is 1180. The minimum absolute atomic E-state index is 0.0683. The molecule has 31 heavy (non-hydrogen) atoms. The van der Waals surface area contributed by atoms with E-state index in [9.17, 15) is 4.39 Å². The molecule has 6 heteroatoms. The molecule has 0 fully saturated rings. The van der Waals surface area contributed by atoms with Gasteiger partial charge in [-0.15, -0.1) is 0 Å². The third-order valence-electron chi connectivity index (χ3n) is 5.43. The first kappa shape index (κ1) is 20.7. The van der Waals surface area contributed by atoms with Crippen molar-refractivity contribution in [3.8, 4) is 17.3 Å². The second-order valence-electron chi connectivity index (χ2n) is 8.10. The van der Waals surface area contributed by atoms with Gasteiger partial charge in [0, 0.05) is 17.9 Å². The molecule has 2 aromatic carbocycles. The average molecular weight is 417 g/mol. The third kappa shape index (κ3) is 4.48. The van der Waals surface area contributed by atoms with E-state index in [-0.39, 0.29) is 12.0 Å². The van der Waals surface area contributed by atoms with E-state index < -0.39 is 5.82 Å². The minimum Gasteiger partial charge on any atom is -0.489 e. The molecule has 0 aliphatic carbocycles. The van der Waals surface area contributed by atoms with Gasteiger partial charge in [-0.25, -0.2) is 9.37 Å². The summed E-state index contributed by atoms with van der Waals surface area (Å²) in [5, 5.41) is 3.83. The molecule has 0 unspecified atom stereocenters. The maximum absolute atomic E-state index is 14.2. The fourth-order valence-corrected chi connectivity index (χ4v) is 3.38. The fraction of sp³-hybridized carbons (Fsp3) is 0.240. The van der Waals surface area contributed by atoms with Gasteiger partial charge < -0.3 is 9.26 Å². The summed E-state index contributed by atoms with van der Waals surface area (Å²) in [7, 11) is 0. The molecule has 4 rings (SSSR count). The van der Waals surface area contributed by atoms with E-state index in [1.54, 1.807) is 13.0 Å². The Morgan fingerprint density at radius 1 is 0.968 bits per heavy atom. The van der Waals surface area contributed by atoms with Crippen molar-refractivity contribution in [1.29, 1.82) is 0 Å². The molecule has 0 aliphatic rings. The van der Waals surface area contributed by atoms with Crippen LogP contribution < -0.4 is 4.74 Å². The van der Waals surface area contributed by atoms with Crippen LogP contribution in [0.4, 0.5) is 4.39 Å². The highest BCUT2D eigenvalue weighted by Gasteiger charge is 2.23. The number of halogens is 1. The molecule has 158 valence electrons. The number of hydrogen-bond acceptors (Lipinski definition) is 5. The van der Waals surface area contributed by atoms with Crippen LogP contribution in [0.5, 0.6) is 5.75 Å². The smallest absolute Gasteiger partial charge is 0.223 e. The SMILES string of the molecule is Cc1ccc(C(C)(C)c2ccc(OCc3cc(-c4noc(C)n4)ncc3F)cc2)cc1. The van der Waals surface area contributed by atoms with Crippen LogP contribution in [-0.2, 0) is 12.0 Å². The third-order valence-corrected chi connectivity index (χ3v) is 5.43. The molecule has 5 nitrogen and oxygen atoms in total. The first-order valence-corrected chi connectivity index (χ1v) is 10.1. The van der Waals surface area contributed by atoms with E-state index in [2.05, 4.69) is 60.2 Å². The van der Waals surface area contributed by atoms with Crippen LogP contribution in [0.3, 0.4) is 0 Å². The van der Waals surface area contributed by atoms with Gasteiger partial charge in [0.2, 0.25) is 11.7 Å². The van der Waals surface area contributed by atoms with Gasteiger partial charge in [-0.2, -0.15) is 4.98 Å². The number of hydrogen-bond donors (Lipinski definition) is 0. The summed E-state index contributed by atoms with van der Waals surface area (Å²) in [5.41, 5.74) is 4.33. The van der Waals surface area contributed by atoms with E-state index in [1.807, 2.05) is 24.3 Å². The molecule has 0 bridgehead atoms. The lowest BCUT2D eigenvalue weighted by molar-refractivity contribution is 0.299. The van der Waals surface area contributed by atoms with Crippen molar-refractivity contribution in [1.82, 2.24) is 15.1 Å². The zero-order chi connectivity index (χ0) is 22.0. The van der Waals surface area contributed by atoms with E-state index in [0.29, 0.717) is 28.7 Å². The number of pyridine rings is 1. The summed E-state index contributed by atoms with van der Waals surface area (Å²) in [6.07, 6.45) is 1.15. The maximum Gasteiger partial charge on any atom is 0.223 e. The highest BCUT2D eigenvalue weighted by molar-refractivity contribution is 5.49. The van der Waals surface area contributed by atoms with E-state index in [0.717, 1.165) is 6.20 Å². The summed E-state index contributed by atoms with van der Waals surface area (Å²) < 4.78 is 25.0. The molecule has 0 saturated heterocycles. The summed E-state index contributed by atoms with van der Waals surface area (Å²) in [6, 6.07) is 18.1. The number of aromatic nitrogens is 3. The Morgan fingerprint density at radius 2 is 1.61 bits per heavy atom. The van der Waals surface area contributed by atoms with Crippen LogP contribution in [0.1, 0.15) is 42.0 Å². The lowest BCUT2D eigenvalue weighted by Crippen LogP contribution is -2.18. The number of nitrogens with zero attached hydrogens (tertiary/aromatic N) is 3. The van der Waals surface area contributed by atoms with Crippen molar-refractivity contribution >= 4 is 0 Å². The van der Waals surface area contributed by atoms with Gasteiger partial charge in [0.25, 0.3) is 0 Å². The Balaban J connectivity index is 1.48. The summed E-state index contributed by atoms with van der Waals surface area (Å²) >= 11 is 0. The molecule has 0 amide bonds. The Labute approximate surface area is 180 Å². The molecule has 0 N–H and O–H groups in total. The van der Waals surface area contributed by atoms with Gasteiger partial charge >= 0.3 is 0 Å². The lowest BCUT2D eigenvalue weighted by Gasteiger charge is -2.26. The van der Waals surface area contributed by atoms with Crippen molar-refractivity contribution in [3.05, 3.63) is 94.8 Å². The largest absolute Gasteiger partial charge is 0.489 e. The standard InChI is InChI=1S/C25H24FN3O2/c1-16-5-7-19(8-6-16)25(3,4)20-9-11-21(12-10-20)30-15-18-13-23(27-14-22(18)26)24-28-17(2)31-29-24/h5-14H,15H2,1-4H3. The lowest BCUT2D eigenvalue weighted by atomic mass is 9.78. The second-order valence-corrected chi connectivity index (χ2v) is 8.10. The van der Waals surface area contributed by atoms with Crippen LogP contribution in [0, 0.1) is 19.7 Å². The average Bonchev–Trinajstić information content (AvgIpc) is 3.20. The first-order chi connectivity index (χ1) is 14.8. The molecular weight excluding hydrogens is 393 g/mol. The second kappa shape index (κ2) is 8.30. The molecule has 2 aromatic heterocycles. The van der Waals surface area contributed by atoms with Gasteiger partial charge in [0.05, 0.1) is 6.20 Å². The van der Waals surface area contributed by atoms with Crippen LogP contribution in [0.15, 0.2) is 65.3 Å². The van der Waals surface area contributed by atoms with E-state index >= 15 is 0 Å². The minimum atomic E-state index is -0.443. The van der Waals surface area contributed by atoms with Gasteiger partial charge in [-0.3, -0.25) is 0 Å². The number of rotatable bonds is 6. The molecular formula is C25H24FN3O2. The molecule has 0 aliphatic heterocycles. The highest BCUT2D eigenvalue weighted by atomic mass is 19.1. The van der Waals surface area contributed by atoms with Crippen LogP contribution in [0.2, 0.25) is 0 Å². The van der Waals surface area contributed by atoms with Crippen LogP contribution >= 0.6 is 0 Å². The van der Waals surface area contributed by atoms with Crippen LogP contribution in [-0.4, -0.2) is 15.1 Å². The molecule has 2 heterocycles. The van der Waals surface area contributed by atoms with Gasteiger partial charge in [-0.1, -0.05) is 61.0 Å². The predicted octanol–water partition coefficient (Wildman–Crippen LogP) is 5.79.